The summed E-state index contributed by atoms with van der Waals surface area (Å²) in [6, 6.07) is 6.38. The third kappa shape index (κ3) is 3.75. The first-order valence-electron chi connectivity index (χ1n) is 5.04. The molecule has 0 aromatic heterocycles. The highest BCUT2D eigenvalue weighted by molar-refractivity contribution is 5.27. The minimum atomic E-state index is -2.44. The van der Waals surface area contributed by atoms with E-state index in [4.69, 9.17) is 10.6 Å². The first-order valence-corrected chi connectivity index (χ1v) is 5.04. The van der Waals surface area contributed by atoms with E-state index in [0.29, 0.717) is 12.8 Å². The predicted octanol–water partition coefficient (Wildman–Crippen LogP) is 1.72. The molecule has 1 atom stereocenters. The van der Waals surface area contributed by atoms with Crippen LogP contribution in [-0.2, 0) is 6.42 Å². The highest BCUT2D eigenvalue weighted by Crippen LogP contribution is 2.14. The van der Waals surface area contributed by atoms with E-state index < -0.39 is 12.5 Å². The van der Waals surface area contributed by atoms with Crippen LogP contribution in [0.1, 0.15) is 12.0 Å². The van der Waals surface area contributed by atoms with Gasteiger partial charge in [-0.3, -0.25) is 11.3 Å². The summed E-state index contributed by atoms with van der Waals surface area (Å²) in [7, 11) is 1.58. The molecule has 3 N–H and O–H groups in total. The van der Waals surface area contributed by atoms with Crippen molar-refractivity contribution >= 4 is 0 Å². The molecule has 1 unspecified atom stereocenters. The van der Waals surface area contributed by atoms with E-state index in [1.807, 2.05) is 24.3 Å². The quantitative estimate of drug-likeness (QED) is 0.578. The Morgan fingerprint density at radius 2 is 1.94 bits per heavy atom. The van der Waals surface area contributed by atoms with Gasteiger partial charge in [0.2, 0.25) is 0 Å². The van der Waals surface area contributed by atoms with Crippen LogP contribution >= 0.6 is 0 Å². The summed E-state index contributed by atoms with van der Waals surface area (Å²) in [5.74, 6) is 5.79. The lowest BCUT2D eigenvalue weighted by molar-refractivity contribution is 0.0945. The maximum Gasteiger partial charge on any atom is 0.255 e. The van der Waals surface area contributed by atoms with Crippen LogP contribution in [0.3, 0.4) is 0 Å². The Kier molecular flexibility index (Phi) is 5.14. The van der Waals surface area contributed by atoms with Crippen LogP contribution in [0.5, 0.6) is 5.75 Å². The molecule has 0 amide bonds. The number of rotatable bonds is 6. The van der Waals surface area contributed by atoms with Crippen molar-refractivity contribution in [1.29, 1.82) is 0 Å². The van der Waals surface area contributed by atoms with Gasteiger partial charge >= 0.3 is 0 Å². The van der Waals surface area contributed by atoms with E-state index in [2.05, 4.69) is 5.43 Å². The predicted molar refractivity (Wildman–Crippen MR) is 58.4 cm³/mol. The minimum Gasteiger partial charge on any atom is -0.497 e. The summed E-state index contributed by atoms with van der Waals surface area (Å²) in [4.78, 5) is 0. The summed E-state index contributed by atoms with van der Waals surface area (Å²) in [5.41, 5.74) is 3.11. The third-order valence-corrected chi connectivity index (χ3v) is 2.42. The van der Waals surface area contributed by atoms with Gasteiger partial charge in [-0.25, -0.2) is 8.78 Å². The zero-order valence-corrected chi connectivity index (χ0v) is 9.12. The van der Waals surface area contributed by atoms with Crippen LogP contribution in [0, 0.1) is 0 Å². The van der Waals surface area contributed by atoms with Crippen molar-refractivity contribution < 1.29 is 13.5 Å². The number of nitrogens with one attached hydrogen (secondary N) is 1. The Morgan fingerprint density at radius 3 is 2.38 bits per heavy atom. The zero-order chi connectivity index (χ0) is 12.0. The number of ether oxygens (including phenoxy) is 1. The van der Waals surface area contributed by atoms with E-state index in [1.165, 1.54) is 0 Å². The van der Waals surface area contributed by atoms with Gasteiger partial charge in [0.25, 0.3) is 6.43 Å². The third-order valence-electron chi connectivity index (χ3n) is 2.42. The molecular formula is C11H16F2N2O. The van der Waals surface area contributed by atoms with Crippen molar-refractivity contribution in [3.63, 3.8) is 0 Å². The first kappa shape index (κ1) is 12.9. The molecule has 1 rings (SSSR count). The molecule has 0 aliphatic heterocycles. The molecule has 90 valence electrons. The molecule has 16 heavy (non-hydrogen) atoms. The molecule has 0 saturated carbocycles. The normalized spacial score (nSPS) is 12.8. The van der Waals surface area contributed by atoms with E-state index in [0.717, 1.165) is 11.3 Å². The van der Waals surface area contributed by atoms with Crippen molar-refractivity contribution in [2.75, 3.05) is 7.11 Å². The fourth-order valence-corrected chi connectivity index (χ4v) is 1.40. The summed E-state index contributed by atoms with van der Waals surface area (Å²) < 4.78 is 29.7. The van der Waals surface area contributed by atoms with Gasteiger partial charge in [-0.1, -0.05) is 12.1 Å². The molecule has 5 heteroatoms. The summed E-state index contributed by atoms with van der Waals surface area (Å²) in [6.07, 6.45) is -1.58. The van der Waals surface area contributed by atoms with Crippen molar-refractivity contribution in [2.24, 2.45) is 5.84 Å². The van der Waals surface area contributed by atoms with Gasteiger partial charge in [0, 0.05) is 0 Å². The lowest BCUT2D eigenvalue weighted by atomic mass is 10.1. The summed E-state index contributed by atoms with van der Waals surface area (Å²) >= 11 is 0. The number of hydrazine groups is 1. The van der Waals surface area contributed by atoms with E-state index >= 15 is 0 Å². The second-order valence-corrected chi connectivity index (χ2v) is 3.49. The Balaban J connectivity index is 2.47. The molecule has 0 aliphatic rings. The molecule has 3 nitrogen and oxygen atoms in total. The zero-order valence-electron chi connectivity index (χ0n) is 9.12. The molecule has 1 aromatic carbocycles. The smallest absolute Gasteiger partial charge is 0.255 e. The molecule has 0 fully saturated rings. The monoisotopic (exact) mass is 230 g/mol. The van der Waals surface area contributed by atoms with Crippen molar-refractivity contribution in [3.05, 3.63) is 29.8 Å². The largest absolute Gasteiger partial charge is 0.497 e. The van der Waals surface area contributed by atoms with Crippen LogP contribution in [0.15, 0.2) is 24.3 Å². The molecule has 0 radical (unpaired) electrons. The maximum absolute atomic E-state index is 12.4. The van der Waals surface area contributed by atoms with Crippen molar-refractivity contribution in [3.8, 4) is 5.75 Å². The van der Waals surface area contributed by atoms with Crippen LogP contribution in [0.2, 0.25) is 0 Å². The van der Waals surface area contributed by atoms with Crippen LogP contribution in [0.4, 0.5) is 8.78 Å². The lowest BCUT2D eigenvalue weighted by Crippen LogP contribution is -2.40. The fourth-order valence-electron chi connectivity index (χ4n) is 1.40. The Hall–Kier alpha value is -1.20. The number of alkyl halides is 2. The second kappa shape index (κ2) is 6.40. The van der Waals surface area contributed by atoms with Gasteiger partial charge < -0.3 is 4.74 Å². The lowest BCUT2D eigenvalue weighted by Gasteiger charge is -2.14. The molecule has 0 aliphatic carbocycles. The Bertz CT molecular complexity index is 303. The van der Waals surface area contributed by atoms with Crippen molar-refractivity contribution in [1.82, 2.24) is 5.43 Å². The standard InChI is InChI=1S/C11H16F2N2O/c1-16-9-5-2-8(3-6-9)4-7-10(15-14)11(12)13/h2-3,5-6,10-11,15H,4,7,14H2,1H3. The number of aryl methyl sites for hydroxylation is 1. The number of nitrogens with two attached hydrogens (primary N) is 1. The van der Waals surface area contributed by atoms with Crippen molar-refractivity contribution in [2.45, 2.75) is 25.3 Å². The Morgan fingerprint density at radius 1 is 1.31 bits per heavy atom. The molecule has 0 heterocycles. The van der Waals surface area contributed by atoms with Gasteiger partial charge in [-0.05, 0) is 30.5 Å². The maximum atomic E-state index is 12.4. The van der Waals surface area contributed by atoms with Gasteiger partial charge in [0.05, 0.1) is 13.2 Å². The van der Waals surface area contributed by atoms with Crippen LogP contribution in [-0.4, -0.2) is 19.6 Å². The van der Waals surface area contributed by atoms with Gasteiger partial charge in [-0.2, -0.15) is 0 Å². The average molecular weight is 230 g/mol. The molecule has 0 spiro atoms. The first-order chi connectivity index (χ1) is 7.67. The number of methoxy groups -OCH3 is 1. The van der Waals surface area contributed by atoms with E-state index in [9.17, 15) is 8.78 Å². The average Bonchev–Trinajstić information content (AvgIpc) is 2.30. The number of halogens is 2. The molecular weight excluding hydrogens is 214 g/mol. The highest BCUT2D eigenvalue weighted by atomic mass is 19.3. The summed E-state index contributed by atoms with van der Waals surface area (Å²) in [5, 5.41) is 0. The Labute approximate surface area is 93.6 Å². The SMILES string of the molecule is COc1ccc(CCC(NN)C(F)F)cc1. The number of benzene rings is 1. The fraction of sp³-hybridized carbons (Fsp3) is 0.455. The van der Waals surface area contributed by atoms with Gasteiger partial charge in [-0.15, -0.1) is 0 Å². The molecule has 0 bridgehead atoms. The topological polar surface area (TPSA) is 47.3 Å². The van der Waals surface area contributed by atoms with E-state index in [1.54, 1.807) is 7.11 Å². The number of hydrogen-bond acceptors (Lipinski definition) is 3. The van der Waals surface area contributed by atoms with Gasteiger partial charge in [0.15, 0.2) is 0 Å². The number of hydrogen-bond donors (Lipinski definition) is 2. The van der Waals surface area contributed by atoms with Gasteiger partial charge in [0.1, 0.15) is 5.75 Å². The molecule has 1 aromatic rings. The van der Waals surface area contributed by atoms with Crippen LogP contribution < -0.4 is 16.0 Å². The second-order valence-electron chi connectivity index (χ2n) is 3.49. The minimum absolute atomic E-state index is 0.306. The highest BCUT2D eigenvalue weighted by Gasteiger charge is 2.17. The van der Waals surface area contributed by atoms with Crippen LogP contribution in [0.25, 0.3) is 0 Å². The molecule has 0 saturated heterocycles. The van der Waals surface area contributed by atoms with E-state index in [-0.39, 0.29) is 0 Å². The summed E-state index contributed by atoms with van der Waals surface area (Å²) in [6.45, 7) is 0.